The molecule has 0 saturated carbocycles. The summed E-state index contributed by atoms with van der Waals surface area (Å²) in [6.45, 7) is 4.49. The van der Waals surface area contributed by atoms with Crippen LogP contribution >= 0.6 is 0 Å². The maximum absolute atomic E-state index is 2.25. The van der Waals surface area contributed by atoms with Crippen LogP contribution in [0.1, 0.15) is 20.3 Å². The van der Waals surface area contributed by atoms with E-state index in [1.807, 2.05) is 0 Å². The van der Waals surface area contributed by atoms with E-state index >= 15 is 0 Å². The molecule has 0 heterocycles. The molecule has 0 nitrogen and oxygen atoms in total. The van der Waals surface area contributed by atoms with Gasteiger partial charge in [-0.2, -0.15) is 0 Å². The number of allylic oxidation sites excluding steroid dienone is 4. The Morgan fingerprint density at radius 1 is 1.36 bits per heavy atom. The molecule has 11 heavy (non-hydrogen) atoms. The smallest absolute Gasteiger partial charge is 1.00 e. The first-order valence-corrected chi connectivity index (χ1v) is 4.11. The summed E-state index contributed by atoms with van der Waals surface area (Å²) in [6, 6.07) is 0. The fourth-order valence-corrected chi connectivity index (χ4v) is 1.83. The van der Waals surface area contributed by atoms with Crippen molar-refractivity contribution in [3.8, 4) is 0 Å². The molecule has 0 fully saturated rings. The molecule has 0 spiro atoms. The second kappa shape index (κ2) is 5.67. The molecular formula is C8H11F2Ti. The average molecular weight is 193 g/mol. The summed E-state index contributed by atoms with van der Waals surface area (Å²) >= 11 is 2.22. The van der Waals surface area contributed by atoms with E-state index in [2.05, 4.69) is 46.4 Å². The summed E-state index contributed by atoms with van der Waals surface area (Å²) in [4.78, 5) is 0. The van der Waals surface area contributed by atoms with Crippen LogP contribution in [0.3, 0.4) is 0 Å². The maximum atomic E-state index is 2.25. The van der Waals surface area contributed by atoms with Gasteiger partial charge in [0.05, 0.1) is 0 Å². The van der Waals surface area contributed by atoms with Crippen LogP contribution in [-0.4, -0.2) is 0 Å². The Kier molecular flexibility index (Phi) is 7.03. The van der Waals surface area contributed by atoms with Gasteiger partial charge in [0, 0.05) is 0 Å². The van der Waals surface area contributed by atoms with Crippen molar-refractivity contribution >= 4 is 0 Å². The van der Waals surface area contributed by atoms with Crippen molar-refractivity contribution in [2.75, 3.05) is 0 Å². The van der Waals surface area contributed by atoms with Crippen molar-refractivity contribution in [2.24, 2.45) is 5.92 Å². The van der Waals surface area contributed by atoms with Gasteiger partial charge in [-0.05, 0) is 0 Å². The molecule has 0 aromatic carbocycles. The van der Waals surface area contributed by atoms with Gasteiger partial charge in [-0.15, -0.1) is 0 Å². The van der Waals surface area contributed by atoms with Gasteiger partial charge in [-0.3, -0.25) is 0 Å². The molecule has 0 amide bonds. The largest absolute Gasteiger partial charge is 1.00 e. The van der Waals surface area contributed by atoms with E-state index in [0.717, 1.165) is 0 Å². The SMILES string of the molecule is CC(C)C1=[C]([Ti+2])CC=C1.[F-].[F-]. The summed E-state index contributed by atoms with van der Waals surface area (Å²) in [7, 11) is 0. The Morgan fingerprint density at radius 3 is 2.09 bits per heavy atom. The van der Waals surface area contributed by atoms with Crippen molar-refractivity contribution in [2.45, 2.75) is 20.3 Å². The van der Waals surface area contributed by atoms with Gasteiger partial charge in [0.2, 0.25) is 0 Å². The minimum Gasteiger partial charge on any atom is -1.00 e. The molecule has 0 aromatic heterocycles. The van der Waals surface area contributed by atoms with Gasteiger partial charge < -0.3 is 9.41 Å². The van der Waals surface area contributed by atoms with Crippen molar-refractivity contribution in [3.05, 3.63) is 21.6 Å². The van der Waals surface area contributed by atoms with Crippen LogP contribution in [0, 0.1) is 5.92 Å². The zero-order valence-electron chi connectivity index (χ0n) is 6.70. The van der Waals surface area contributed by atoms with E-state index in [0.29, 0.717) is 5.92 Å². The fraction of sp³-hybridized carbons (Fsp3) is 0.500. The van der Waals surface area contributed by atoms with E-state index in [1.54, 1.807) is 3.88 Å². The molecule has 0 aliphatic heterocycles. The molecular weight excluding hydrogens is 182 g/mol. The van der Waals surface area contributed by atoms with Crippen LogP contribution in [0.4, 0.5) is 0 Å². The Bertz CT molecular complexity index is 171. The summed E-state index contributed by atoms with van der Waals surface area (Å²) in [5.41, 5.74) is 1.54. The van der Waals surface area contributed by atoms with E-state index in [1.165, 1.54) is 12.0 Å². The van der Waals surface area contributed by atoms with Gasteiger partial charge in [-0.1, -0.05) is 0 Å². The van der Waals surface area contributed by atoms with E-state index in [9.17, 15) is 0 Å². The average Bonchev–Trinajstić information content (AvgIpc) is 2.13. The predicted molar refractivity (Wildman–Crippen MR) is 35.6 cm³/mol. The molecule has 1 aliphatic rings. The molecule has 3 heteroatoms. The first-order chi connectivity index (χ1) is 4.22. The van der Waals surface area contributed by atoms with Gasteiger partial charge >= 0.3 is 68.2 Å². The molecule has 1 rings (SSSR count). The standard InChI is InChI=1S/C8H11.2FH.Ti/c1-7(2)8-5-3-4-6-8;;;/h3,5,7H,4H2,1-2H3;2*1H;/q;;;+2/p-2. The minimum absolute atomic E-state index is 0. The molecule has 0 unspecified atom stereocenters. The molecule has 0 bridgehead atoms. The summed E-state index contributed by atoms with van der Waals surface area (Å²) in [5.74, 6) is 0.712. The van der Waals surface area contributed by atoms with E-state index in [4.69, 9.17) is 0 Å². The van der Waals surface area contributed by atoms with Crippen LogP contribution in [0.2, 0.25) is 0 Å². The van der Waals surface area contributed by atoms with Gasteiger partial charge in [-0.25, -0.2) is 0 Å². The summed E-state index contributed by atoms with van der Waals surface area (Å²) < 4.78 is 1.55. The molecule has 0 saturated heterocycles. The fourth-order valence-electron chi connectivity index (χ4n) is 1.06. The first-order valence-electron chi connectivity index (χ1n) is 3.33. The van der Waals surface area contributed by atoms with Crippen LogP contribution in [0.5, 0.6) is 0 Å². The maximum Gasteiger partial charge on any atom is -1.00 e. The van der Waals surface area contributed by atoms with E-state index < -0.39 is 0 Å². The van der Waals surface area contributed by atoms with Gasteiger partial charge in [0.15, 0.2) is 0 Å². The summed E-state index contributed by atoms with van der Waals surface area (Å²) in [6.07, 6.45) is 5.66. The molecule has 0 radical (unpaired) electrons. The number of hydrogen-bond donors (Lipinski definition) is 0. The zero-order chi connectivity index (χ0) is 6.85. The van der Waals surface area contributed by atoms with Crippen LogP contribution in [0.15, 0.2) is 21.6 Å². The van der Waals surface area contributed by atoms with Crippen molar-refractivity contribution in [1.82, 2.24) is 0 Å². The third-order valence-corrected chi connectivity index (χ3v) is 2.36. The number of hydrogen-bond acceptors (Lipinski definition) is 0. The molecule has 0 atom stereocenters. The molecule has 0 aromatic rings. The van der Waals surface area contributed by atoms with Gasteiger partial charge in [0.25, 0.3) is 0 Å². The van der Waals surface area contributed by atoms with Crippen molar-refractivity contribution < 1.29 is 29.8 Å². The monoisotopic (exact) mass is 193 g/mol. The molecule has 1 aliphatic carbocycles. The molecule has 0 N–H and O–H groups in total. The third-order valence-electron chi connectivity index (χ3n) is 1.59. The van der Waals surface area contributed by atoms with Gasteiger partial charge in [0.1, 0.15) is 0 Å². The third kappa shape index (κ3) is 3.30. The first kappa shape index (κ1) is 13.6. The zero-order valence-corrected chi connectivity index (χ0v) is 8.26. The van der Waals surface area contributed by atoms with E-state index in [-0.39, 0.29) is 9.41 Å². The normalized spacial score (nSPS) is 15.0. The van der Waals surface area contributed by atoms with Crippen LogP contribution in [0.25, 0.3) is 0 Å². The Balaban J connectivity index is 0. The second-order valence-corrected chi connectivity index (χ2v) is 3.64. The van der Waals surface area contributed by atoms with Crippen LogP contribution in [-0.2, 0) is 20.4 Å². The Labute approximate surface area is 77.9 Å². The number of rotatable bonds is 1. The second-order valence-electron chi connectivity index (χ2n) is 2.70. The number of halogens is 2. The van der Waals surface area contributed by atoms with Crippen molar-refractivity contribution in [1.29, 1.82) is 0 Å². The van der Waals surface area contributed by atoms with Crippen molar-refractivity contribution in [3.63, 3.8) is 0 Å². The minimum atomic E-state index is 0. The quantitative estimate of drug-likeness (QED) is 0.378. The Morgan fingerprint density at radius 2 is 1.91 bits per heavy atom. The Hall–Kier alpha value is 0.0543. The predicted octanol–water partition coefficient (Wildman–Crippen LogP) is -3.59. The van der Waals surface area contributed by atoms with Crippen LogP contribution < -0.4 is 9.41 Å². The topological polar surface area (TPSA) is 0 Å². The molecule has 61 valence electrons. The summed E-state index contributed by atoms with van der Waals surface area (Å²) in [5, 5.41) is 0.